The van der Waals surface area contributed by atoms with Crippen LogP contribution in [0, 0.1) is 10.7 Å². The quantitative estimate of drug-likeness (QED) is 0.158. The molecule has 0 bridgehead atoms. The van der Waals surface area contributed by atoms with Crippen molar-refractivity contribution in [2.45, 2.75) is 0 Å². The van der Waals surface area contributed by atoms with E-state index in [4.69, 9.17) is 18.2 Å². The van der Waals surface area contributed by atoms with Crippen molar-refractivity contribution < 1.29 is 13.0 Å². The molecule has 0 heterocycles. The van der Waals surface area contributed by atoms with Crippen LogP contribution < -0.4 is 0 Å². The van der Waals surface area contributed by atoms with Gasteiger partial charge in [-0.3, -0.25) is 4.55 Å². The first-order chi connectivity index (χ1) is 3.41. The summed E-state index contributed by atoms with van der Waals surface area (Å²) in [5.74, 6) is 0. The van der Waals surface area contributed by atoms with E-state index in [9.17, 15) is 0 Å². The summed E-state index contributed by atoms with van der Waals surface area (Å²) in [4.78, 5) is 0. The van der Waals surface area contributed by atoms with Crippen molar-refractivity contribution in [1.29, 1.82) is 5.26 Å². The third-order valence-electron chi connectivity index (χ3n) is 0. The number of thiocyanates is 1. The van der Waals surface area contributed by atoms with Gasteiger partial charge in [-0.2, -0.15) is 13.7 Å². The normalized spacial score (nSPS) is 6.60. The Kier molecular flexibility index (Phi) is 31.1. The van der Waals surface area contributed by atoms with E-state index in [2.05, 4.69) is 24.3 Å². The molecule has 0 radical (unpaired) electrons. The van der Waals surface area contributed by atoms with Crippen molar-refractivity contribution >= 4 is 92.6 Å². The van der Waals surface area contributed by atoms with E-state index in [0.717, 1.165) is 0 Å². The third-order valence-corrected chi connectivity index (χ3v) is 0. The van der Waals surface area contributed by atoms with Crippen LogP contribution in [0.4, 0.5) is 0 Å². The molecule has 0 rings (SSSR count). The number of nitrogens with zero attached hydrogens (tertiary/aromatic N) is 1. The molecule has 0 amide bonds. The second-order valence-electron chi connectivity index (χ2n) is 0.548. The van der Waals surface area contributed by atoms with Crippen LogP contribution in [0.3, 0.4) is 0 Å². The molecule has 52 valence electrons. The predicted octanol–water partition coefficient (Wildman–Crippen LogP) is -1.18. The van der Waals surface area contributed by atoms with Crippen LogP contribution in [0.5, 0.6) is 0 Å². The van der Waals surface area contributed by atoms with Crippen molar-refractivity contribution in [3.05, 3.63) is 0 Å². The molecular formula is CH5NNa2O3S3. The molecule has 1 N–H and O–H groups in total. The molecule has 0 saturated heterocycles. The van der Waals surface area contributed by atoms with E-state index in [-0.39, 0.29) is 59.1 Å². The molecule has 10 heavy (non-hydrogen) atoms. The molecule has 0 aromatic carbocycles. The van der Waals surface area contributed by atoms with Gasteiger partial charge in [-0.1, -0.05) is 12.6 Å². The first kappa shape index (κ1) is 22.7. The standard InChI is InChI=1S/CHNS.2Na.H2O3S2.2H/c2-1-3;;;1-5(2,3)4;;/h3H;;;(H2,1,2,3,4);;. The van der Waals surface area contributed by atoms with Gasteiger partial charge in [0, 0.05) is 0 Å². The predicted molar refractivity (Wildman–Crippen MR) is 49.4 cm³/mol. The van der Waals surface area contributed by atoms with E-state index in [1.165, 1.54) is 5.40 Å². The second-order valence-corrected chi connectivity index (χ2v) is 3.03. The molecule has 0 spiro atoms. The number of hydrogen-bond donors (Lipinski definition) is 3. The summed E-state index contributed by atoms with van der Waals surface area (Å²) in [6, 6.07) is 0. The number of nitriles is 1. The average molecular weight is 221 g/mol. The Morgan fingerprint density at radius 1 is 1.40 bits per heavy atom. The molecule has 0 aliphatic carbocycles. The van der Waals surface area contributed by atoms with Gasteiger partial charge in [-0.05, 0) is 11.7 Å². The third kappa shape index (κ3) is 190. The van der Waals surface area contributed by atoms with Crippen molar-refractivity contribution in [2.24, 2.45) is 0 Å². The van der Waals surface area contributed by atoms with E-state index >= 15 is 0 Å². The zero-order valence-corrected chi connectivity index (χ0v) is 6.12. The van der Waals surface area contributed by atoms with Crippen molar-refractivity contribution in [3.63, 3.8) is 0 Å². The van der Waals surface area contributed by atoms with Crippen molar-refractivity contribution in [3.8, 4) is 5.40 Å². The van der Waals surface area contributed by atoms with Gasteiger partial charge in [0.1, 0.15) is 5.40 Å². The van der Waals surface area contributed by atoms with Gasteiger partial charge >= 0.3 is 68.3 Å². The molecule has 0 atom stereocenters. The van der Waals surface area contributed by atoms with Crippen LogP contribution in [0.25, 0.3) is 0 Å². The zero-order valence-electron chi connectivity index (χ0n) is 3.51. The van der Waals surface area contributed by atoms with E-state index in [1.807, 2.05) is 0 Å². The zero-order chi connectivity index (χ0) is 7.21. The molecule has 4 nitrogen and oxygen atoms in total. The topological polar surface area (TPSA) is 78.2 Å². The van der Waals surface area contributed by atoms with Crippen LogP contribution >= 0.6 is 24.3 Å². The molecule has 0 aliphatic rings. The Balaban J connectivity index is -0.0000000326. The average Bonchev–Trinajstić information content (AvgIpc) is 1.27. The minimum absolute atomic E-state index is 0. The van der Waals surface area contributed by atoms with Gasteiger partial charge in [0.05, 0.1) is 0 Å². The molecule has 0 unspecified atom stereocenters. The number of hydrogen-bond acceptors (Lipinski definition) is 4. The van der Waals surface area contributed by atoms with Gasteiger partial charge in [0.15, 0.2) is 0 Å². The van der Waals surface area contributed by atoms with E-state index in [0.29, 0.717) is 0 Å². The fourth-order valence-electron chi connectivity index (χ4n) is 0. The monoisotopic (exact) mass is 221 g/mol. The van der Waals surface area contributed by atoms with Gasteiger partial charge in [0.25, 0.3) is 0 Å². The fourth-order valence-corrected chi connectivity index (χ4v) is 0. The van der Waals surface area contributed by atoms with Crippen LogP contribution in [0.2, 0.25) is 0 Å². The van der Waals surface area contributed by atoms with Crippen molar-refractivity contribution in [2.75, 3.05) is 0 Å². The Hall–Kier alpha value is 2.10. The summed E-state index contributed by atoms with van der Waals surface area (Å²) >= 11 is 5.74. The summed E-state index contributed by atoms with van der Waals surface area (Å²) in [6.07, 6.45) is 0. The minimum atomic E-state index is -3.97. The summed E-state index contributed by atoms with van der Waals surface area (Å²) in [7, 11) is -3.97. The van der Waals surface area contributed by atoms with Crippen LogP contribution in [-0.4, -0.2) is 72.1 Å². The number of rotatable bonds is 0. The Morgan fingerprint density at radius 2 is 1.40 bits per heavy atom. The molecule has 0 aliphatic heterocycles. The van der Waals surface area contributed by atoms with Crippen LogP contribution in [-0.2, 0) is 9.15 Å². The molecular weight excluding hydrogens is 216 g/mol. The number of thiol groups is 2. The fraction of sp³-hybridized carbons (Fsp3) is 0. The summed E-state index contributed by atoms with van der Waals surface area (Å²) < 4.78 is 25.5. The molecule has 9 heteroatoms. The van der Waals surface area contributed by atoms with Gasteiger partial charge in [0.2, 0.25) is 0 Å². The van der Waals surface area contributed by atoms with E-state index < -0.39 is 9.15 Å². The molecule has 0 aromatic heterocycles. The van der Waals surface area contributed by atoms with Crippen LogP contribution in [0.1, 0.15) is 0 Å². The summed E-state index contributed by atoms with van der Waals surface area (Å²) in [5.41, 5.74) is 0. The second kappa shape index (κ2) is 13.7. The molecule has 0 fully saturated rings. The summed E-state index contributed by atoms with van der Waals surface area (Å²) in [5, 5.41) is 8.63. The maximum atomic E-state index is 9.05. The van der Waals surface area contributed by atoms with Gasteiger partial charge in [-0.15, -0.1) is 0 Å². The molecule has 0 saturated carbocycles. The Bertz CT molecular complexity index is 163. The SMILES string of the molecule is N#CS.O=S(=O)(O)S.[NaH].[NaH]. The van der Waals surface area contributed by atoms with Gasteiger partial charge < -0.3 is 0 Å². The summed E-state index contributed by atoms with van der Waals surface area (Å²) in [6.45, 7) is 0. The first-order valence-electron chi connectivity index (χ1n) is 1.15. The molecule has 0 aromatic rings. The van der Waals surface area contributed by atoms with E-state index in [1.54, 1.807) is 0 Å². The first-order valence-corrected chi connectivity index (χ1v) is 4.09. The maximum absolute atomic E-state index is 9.05. The van der Waals surface area contributed by atoms with Crippen molar-refractivity contribution in [1.82, 2.24) is 0 Å². The van der Waals surface area contributed by atoms with Crippen LogP contribution in [0.15, 0.2) is 0 Å². The Labute approximate surface area is 114 Å². The van der Waals surface area contributed by atoms with Gasteiger partial charge in [-0.25, -0.2) is 0 Å². The Morgan fingerprint density at radius 3 is 1.40 bits per heavy atom.